The maximum absolute atomic E-state index is 12.2. The zero-order chi connectivity index (χ0) is 14.7. The Morgan fingerprint density at radius 3 is 3.10 bits per heavy atom. The standard InChI is InChI=1S/C14H16N4O3/c19-13(10-7-15-16-8-10)17-11-3-1-5-18(9-11)14(20)12-4-2-6-21-12/h2,4,6-8,11H,1,3,5,9H2,(H,15,16)(H,17,19). The summed E-state index contributed by atoms with van der Waals surface area (Å²) in [5.74, 6) is 0.0140. The largest absolute Gasteiger partial charge is 0.459 e. The molecule has 2 N–H and O–H groups in total. The van der Waals surface area contributed by atoms with Gasteiger partial charge in [0.15, 0.2) is 5.76 Å². The van der Waals surface area contributed by atoms with Gasteiger partial charge in [-0.25, -0.2) is 0 Å². The van der Waals surface area contributed by atoms with E-state index < -0.39 is 0 Å². The Hall–Kier alpha value is -2.57. The Bertz CT molecular complexity index is 606. The van der Waals surface area contributed by atoms with Gasteiger partial charge in [0.25, 0.3) is 11.8 Å². The lowest BCUT2D eigenvalue weighted by Gasteiger charge is -2.32. The number of carbonyl (C=O) groups is 2. The molecule has 1 fully saturated rings. The number of piperidine rings is 1. The van der Waals surface area contributed by atoms with Crippen LogP contribution in [-0.4, -0.2) is 46.0 Å². The summed E-state index contributed by atoms with van der Waals surface area (Å²) in [5, 5.41) is 9.28. The number of H-pyrrole nitrogens is 1. The van der Waals surface area contributed by atoms with E-state index in [2.05, 4.69) is 15.5 Å². The third kappa shape index (κ3) is 2.96. The topological polar surface area (TPSA) is 91.2 Å². The van der Waals surface area contributed by atoms with Crippen LogP contribution in [-0.2, 0) is 0 Å². The number of carbonyl (C=O) groups excluding carboxylic acids is 2. The monoisotopic (exact) mass is 288 g/mol. The SMILES string of the molecule is O=C(NC1CCCN(C(=O)c2ccco2)C1)c1cn[nH]c1. The number of amides is 2. The minimum absolute atomic E-state index is 0.0555. The second-order valence-electron chi connectivity index (χ2n) is 5.03. The molecule has 0 aromatic carbocycles. The molecular weight excluding hydrogens is 272 g/mol. The third-order valence-electron chi connectivity index (χ3n) is 3.54. The van der Waals surface area contributed by atoms with Gasteiger partial charge in [-0.15, -0.1) is 0 Å². The van der Waals surface area contributed by atoms with Crippen LogP contribution in [0.1, 0.15) is 33.8 Å². The Kier molecular flexibility index (Phi) is 3.72. The molecule has 1 saturated heterocycles. The van der Waals surface area contributed by atoms with Crippen molar-refractivity contribution >= 4 is 11.8 Å². The lowest BCUT2D eigenvalue weighted by Crippen LogP contribution is -2.49. The normalized spacial score (nSPS) is 18.5. The van der Waals surface area contributed by atoms with E-state index in [1.54, 1.807) is 23.2 Å². The van der Waals surface area contributed by atoms with Crippen LogP contribution in [0.5, 0.6) is 0 Å². The molecule has 2 aromatic rings. The quantitative estimate of drug-likeness (QED) is 0.882. The average molecular weight is 288 g/mol. The first-order valence-electron chi connectivity index (χ1n) is 6.86. The maximum Gasteiger partial charge on any atom is 0.289 e. The van der Waals surface area contributed by atoms with Crippen LogP contribution in [0.25, 0.3) is 0 Å². The summed E-state index contributed by atoms with van der Waals surface area (Å²) in [6.07, 6.45) is 6.21. The van der Waals surface area contributed by atoms with Crippen LogP contribution in [0, 0.1) is 0 Å². The van der Waals surface area contributed by atoms with E-state index in [1.807, 2.05) is 0 Å². The maximum atomic E-state index is 12.2. The van der Waals surface area contributed by atoms with Crippen LogP contribution in [0.2, 0.25) is 0 Å². The van der Waals surface area contributed by atoms with Gasteiger partial charge < -0.3 is 14.6 Å². The van der Waals surface area contributed by atoms with Gasteiger partial charge in [0, 0.05) is 25.3 Å². The van der Waals surface area contributed by atoms with E-state index in [9.17, 15) is 9.59 Å². The molecule has 1 aliphatic heterocycles. The fraction of sp³-hybridized carbons (Fsp3) is 0.357. The molecule has 21 heavy (non-hydrogen) atoms. The molecule has 7 heteroatoms. The van der Waals surface area contributed by atoms with Gasteiger partial charge in [0.2, 0.25) is 0 Å². The summed E-state index contributed by atoms with van der Waals surface area (Å²) >= 11 is 0. The van der Waals surface area contributed by atoms with E-state index in [4.69, 9.17) is 4.42 Å². The second kappa shape index (κ2) is 5.82. The molecular formula is C14H16N4O3. The molecule has 0 aliphatic carbocycles. The van der Waals surface area contributed by atoms with E-state index in [1.165, 1.54) is 12.5 Å². The van der Waals surface area contributed by atoms with Crippen LogP contribution in [0.15, 0.2) is 35.2 Å². The number of hydrogen-bond donors (Lipinski definition) is 2. The van der Waals surface area contributed by atoms with Crippen molar-refractivity contribution in [3.63, 3.8) is 0 Å². The minimum atomic E-state index is -0.180. The summed E-state index contributed by atoms with van der Waals surface area (Å²) in [5.41, 5.74) is 0.490. The average Bonchev–Trinajstić information content (AvgIpc) is 3.20. The van der Waals surface area contributed by atoms with Gasteiger partial charge in [0.1, 0.15) is 0 Å². The summed E-state index contributed by atoms with van der Waals surface area (Å²) in [6, 6.07) is 3.28. The third-order valence-corrected chi connectivity index (χ3v) is 3.54. The van der Waals surface area contributed by atoms with Crippen molar-refractivity contribution in [2.24, 2.45) is 0 Å². The lowest BCUT2D eigenvalue weighted by atomic mass is 10.0. The smallest absolute Gasteiger partial charge is 0.289 e. The first-order valence-corrected chi connectivity index (χ1v) is 6.86. The van der Waals surface area contributed by atoms with E-state index in [0.717, 1.165) is 12.8 Å². The van der Waals surface area contributed by atoms with E-state index in [-0.39, 0.29) is 17.9 Å². The Balaban J connectivity index is 1.61. The lowest BCUT2D eigenvalue weighted by molar-refractivity contribution is 0.0647. The summed E-state index contributed by atoms with van der Waals surface area (Å²) < 4.78 is 5.13. The Morgan fingerprint density at radius 2 is 2.38 bits per heavy atom. The number of nitrogens with zero attached hydrogens (tertiary/aromatic N) is 2. The van der Waals surface area contributed by atoms with Crippen molar-refractivity contribution < 1.29 is 14.0 Å². The number of hydrogen-bond acceptors (Lipinski definition) is 4. The molecule has 0 spiro atoms. The molecule has 1 atom stereocenters. The Morgan fingerprint density at radius 1 is 1.48 bits per heavy atom. The van der Waals surface area contributed by atoms with Crippen LogP contribution < -0.4 is 5.32 Å². The van der Waals surface area contributed by atoms with Crippen molar-refractivity contribution in [1.29, 1.82) is 0 Å². The molecule has 0 bridgehead atoms. The van der Waals surface area contributed by atoms with Crippen LogP contribution >= 0.6 is 0 Å². The van der Waals surface area contributed by atoms with Crippen molar-refractivity contribution in [3.05, 3.63) is 42.1 Å². The van der Waals surface area contributed by atoms with Gasteiger partial charge in [-0.2, -0.15) is 5.10 Å². The van der Waals surface area contributed by atoms with Crippen molar-refractivity contribution in [3.8, 4) is 0 Å². The molecule has 2 aromatic heterocycles. The second-order valence-corrected chi connectivity index (χ2v) is 5.03. The van der Waals surface area contributed by atoms with Crippen molar-refractivity contribution in [2.45, 2.75) is 18.9 Å². The molecule has 2 amide bonds. The number of rotatable bonds is 3. The van der Waals surface area contributed by atoms with Crippen LogP contribution in [0.3, 0.4) is 0 Å². The minimum Gasteiger partial charge on any atom is -0.459 e. The van der Waals surface area contributed by atoms with Crippen molar-refractivity contribution in [1.82, 2.24) is 20.4 Å². The van der Waals surface area contributed by atoms with E-state index in [0.29, 0.717) is 24.4 Å². The number of nitrogens with one attached hydrogen (secondary N) is 2. The molecule has 1 aliphatic rings. The molecule has 3 heterocycles. The number of furan rings is 1. The Labute approximate surface area is 121 Å². The number of likely N-dealkylation sites (tertiary alicyclic amines) is 1. The predicted octanol–water partition coefficient (Wildman–Crippen LogP) is 1.04. The predicted molar refractivity (Wildman–Crippen MR) is 73.7 cm³/mol. The van der Waals surface area contributed by atoms with Gasteiger partial charge in [-0.05, 0) is 25.0 Å². The zero-order valence-corrected chi connectivity index (χ0v) is 11.4. The summed E-state index contributed by atoms with van der Waals surface area (Å²) in [4.78, 5) is 25.9. The van der Waals surface area contributed by atoms with Gasteiger partial charge in [-0.3, -0.25) is 14.7 Å². The van der Waals surface area contributed by atoms with E-state index >= 15 is 0 Å². The van der Waals surface area contributed by atoms with Crippen LogP contribution in [0.4, 0.5) is 0 Å². The first-order chi connectivity index (χ1) is 10.2. The fourth-order valence-electron chi connectivity index (χ4n) is 2.48. The highest BCUT2D eigenvalue weighted by atomic mass is 16.3. The van der Waals surface area contributed by atoms with Gasteiger partial charge >= 0.3 is 0 Å². The highest BCUT2D eigenvalue weighted by molar-refractivity contribution is 5.94. The molecule has 7 nitrogen and oxygen atoms in total. The first kappa shape index (κ1) is 13.4. The van der Waals surface area contributed by atoms with Gasteiger partial charge in [-0.1, -0.05) is 0 Å². The highest BCUT2D eigenvalue weighted by Gasteiger charge is 2.27. The molecule has 1 unspecified atom stereocenters. The number of aromatic nitrogens is 2. The van der Waals surface area contributed by atoms with Crippen molar-refractivity contribution in [2.75, 3.05) is 13.1 Å². The molecule has 0 radical (unpaired) electrons. The molecule has 3 rings (SSSR count). The zero-order valence-electron chi connectivity index (χ0n) is 11.4. The molecule has 0 saturated carbocycles. The highest BCUT2D eigenvalue weighted by Crippen LogP contribution is 2.14. The summed E-state index contributed by atoms with van der Waals surface area (Å²) in [6.45, 7) is 1.17. The summed E-state index contributed by atoms with van der Waals surface area (Å²) in [7, 11) is 0. The van der Waals surface area contributed by atoms with Gasteiger partial charge in [0.05, 0.1) is 18.0 Å². The number of aromatic amines is 1. The molecule has 110 valence electrons. The fourth-order valence-corrected chi connectivity index (χ4v) is 2.48.